The van der Waals surface area contributed by atoms with E-state index in [4.69, 9.17) is 0 Å². The van der Waals surface area contributed by atoms with Gasteiger partial charge in [0.2, 0.25) is 0 Å². The summed E-state index contributed by atoms with van der Waals surface area (Å²) in [5, 5.41) is 0. The van der Waals surface area contributed by atoms with Gasteiger partial charge < -0.3 is 0 Å². The Morgan fingerprint density at radius 2 is 1.15 bits per heavy atom. The van der Waals surface area contributed by atoms with Crippen molar-refractivity contribution < 1.29 is 0 Å². The zero-order valence-corrected chi connectivity index (χ0v) is 13.9. The van der Waals surface area contributed by atoms with Gasteiger partial charge in [0, 0.05) is 0 Å². The molecule has 2 unspecified atom stereocenters. The van der Waals surface area contributed by atoms with Crippen molar-refractivity contribution in [1.82, 2.24) is 0 Å². The molecule has 0 heteroatoms. The molecule has 0 radical (unpaired) electrons. The van der Waals surface area contributed by atoms with Crippen LogP contribution in [0.25, 0.3) is 0 Å². The van der Waals surface area contributed by atoms with Gasteiger partial charge in [0.05, 0.1) is 0 Å². The van der Waals surface area contributed by atoms with Gasteiger partial charge in [-0.15, -0.1) is 0 Å². The third kappa shape index (κ3) is 7.92. The molecule has 1 fully saturated rings. The van der Waals surface area contributed by atoms with Crippen molar-refractivity contribution in [3.63, 3.8) is 0 Å². The van der Waals surface area contributed by atoms with Gasteiger partial charge in [0.25, 0.3) is 0 Å². The molecule has 0 aromatic rings. The van der Waals surface area contributed by atoms with Crippen molar-refractivity contribution in [1.29, 1.82) is 0 Å². The topological polar surface area (TPSA) is 0 Å². The molecule has 0 aromatic carbocycles. The van der Waals surface area contributed by atoms with Crippen LogP contribution in [0, 0.1) is 11.8 Å². The Morgan fingerprint density at radius 3 is 1.55 bits per heavy atom. The Balaban J connectivity index is 2.29. The molecular formula is C20H36. The smallest absolute Gasteiger partial charge is 0.0171 e. The van der Waals surface area contributed by atoms with E-state index in [1.807, 2.05) is 0 Å². The normalized spacial score (nSPS) is 23.9. The lowest BCUT2D eigenvalue weighted by molar-refractivity contribution is 0.336. The van der Waals surface area contributed by atoms with Gasteiger partial charge in [-0.2, -0.15) is 0 Å². The van der Waals surface area contributed by atoms with E-state index in [1.165, 1.54) is 77.0 Å². The van der Waals surface area contributed by atoms with Gasteiger partial charge in [0.1, 0.15) is 0 Å². The van der Waals surface area contributed by atoms with Crippen molar-refractivity contribution in [2.24, 2.45) is 11.8 Å². The molecule has 0 spiro atoms. The Morgan fingerprint density at radius 1 is 0.700 bits per heavy atom. The van der Waals surface area contributed by atoms with E-state index in [-0.39, 0.29) is 0 Å². The fraction of sp³-hybridized carbons (Fsp3) is 0.800. The van der Waals surface area contributed by atoms with Crippen LogP contribution >= 0.6 is 0 Å². The monoisotopic (exact) mass is 276 g/mol. The van der Waals surface area contributed by atoms with E-state index in [2.05, 4.69) is 38.2 Å². The van der Waals surface area contributed by atoms with Crippen LogP contribution in [0.15, 0.2) is 24.3 Å². The highest BCUT2D eigenvalue weighted by molar-refractivity contribution is 5.01. The van der Waals surface area contributed by atoms with E-state index in [9.17, 15) is 0 Å². The lowest BCUT2D eigenvalue weighted by atomic mass is 9.78. The highest BCUT2D eigenvalue weighted by Crippen LogP contribution is 2.32. The highest BCUT2D eigenvalue weighted by atomic mass is 14.2. The average Bonchev–Trinajstić information content (AvgIpc) is 2.48. The lowest BCUT2D eigenvalue weighted by Crippen LogP contribution is -2.15. The van der Waals surface area contributed by atoms with Gasteiger partial charge in [-0.1, -0.05) is 76.7 Å². The number of hydrogen-bond acceptors (Lipinski definition) is 0. The maximum Gasteiger partial charge on any atom is -0.0171 e. The second-order valence-corrected chi connectivity index (χ2v) is 6.46. The van der Waals surface area contributed by atoms with Crippen LogP contribution in [0.2, 0.25) is 0 Å². The quantitative estimate of drug-likeness (QED) is 0.296. The minimum atomic E-state index is 0.827. The summed E-state index contributed by atoms with van der Waals surface area (Å²) < 4.78 is 0. The number of unbranched alkanes of at least 4 members (excludes halogenated alkanes) is 6. The highest BCUT2D eigenvalue weighted by Gasteiger charge is 2.20. The first-order valence-electron chi connectivity index (χ1n) is 9.21. The van der Waals surface area contributed by atoms with Gasteiger partial charge >= 0.3 is 0 Å². The molecule has 116 valence electrons. The molecule has 1 rings (SSSR count). The van der Waals surface area contributed by atoms with Crippen LogP contribution in [-0.4, -0.2) is 0 Å². The minimum absolute atomic E-state index is 0.827. The summed E-state index contributed by atoms with van der Waals surface area (Å²) in [4.78, 5) is 0. The Labute approximate surface area is 127 Å². The van der Waals surface area contributed by atoms with Crippen molar-refractivity contribution in [2.45, 2.75) is 90.9 Å². The number of allylic oxidation sites excluding steroid dienone is 4. The summed E-state index contributed by atoms with van der Waals surface area (Å²) in [6.45, 7) is 4.56. The standard InChI is InChI=1S/C20H36/c1-3-5-7-9-11-15-19-17-13-14-18-20(19)16-12-10-8-6-4-2/h11-12,15-16,19-20H,3-10,13-14,17-18H2,1-2H3. The van der Waals surface area contributed by atoms with E-state index < -0.39 is 0 Å². The Hall–Kier alpha value is -0.520. The van der Waals surface area contributed by atoms with Gasteiger partial charge in [-0.25, -0.2) is 0 Å². The predicted molar refractivity (Wildman–Crippen MR) is 92.0 cm³/mol. The molecule has 0 N–H and O–H groups in total. The summed E-state index contributed by atoms with van der Waals surface area (Å²) in [5.74, 6) is 1.65. The first-order chi connectivity index (χ1) is 9.88. The van der Waals surface area contributed by atoms with Crippen LogP contribution in [0.5, 0.6) is 0 Å². The second kappa shape index (κ2) is 12.2. The second-order valence-electron chi connectivity index (χ2n) is 6.46. The zero-order chi connectivity index (χ0) is 14.5. The number of rotatable bonds is 10. The van der Waals surface area contributed by atoms with Crippen molar-refractivity contribution in [3.05, 3.63) is 24.3 Å². The van der Waals surface area contributed by atoms with Crippen molar-refractivity contribution in [3.8, 4) is 0 Å². The fourth-order valence-electron chi connectivity index (χ4n) is 3.23. The van der Waals surface area contributed by atoms with Crippen molar-refractivity contribution >= 4 is 0 Å². The SMILES string of the molecule is CCCCCC=CC1CCCCC1C=CCCCCC. The molecule has 0 nitrogen and oxygen atoms in total. The van der Waals surface area contributed by atoms with Gasteiger partial charge in [-0.3, -0.25) is 0 Å². The molecule has 2 atom stereocenters. The first-order valence-corrected chi connectivity index (χ1v) is 9.21. The molecule has 0 heterocycles. The molecule has 0 bridgehead atoms. The predicted octanol–water partition coefficient (Wildman–Crippen LogP) is 7.07. The molecule has 20 heavy (non-hydrogen) atoms. The summed E-state index contributed by atoms with van der Waals surface area (Å²) in [5.41, 5.74) is 0. The van der Waals surface area contributed by atoms with Crippen LogP contribution in [-0.2, 0) is 0 Å². The third-order valence-electron chi connectivity index (χ3n) is 4.59. The molecule has 1 aliphatic carbocycles. The first kappa shape index (κ1) is 17.5. The largest absolute Gasteiger partial charge is 0.0882 e. The molecule has 0 aromatic heterocycles. The summed E-state index contributed by atoms with van der Waals surface area (Å²) in [7, 11) is 0. The van der Waals surface area contributed by atoms with E-state index >= 15 is 0 Å². The van der Waals surface area contributed by atoms with Crippen molar-refractivity contribution in [2.75, 3.05) is 0 Å². The maximum atomic E-state index is 2.54. The molecular weight excluding hydrogens is 240 g/mol. The molecule has 1 aliphatic rings. The molecule has 1 saturated carbocycles. The van der Waals surface area contributed by atoms with E-state index in [1.54, 1.807) is 0 Å². The van der Waals surface area contributed by atoms with E-state index in [0.29, 0.717) is 0 Å². The fourth-order valence-corrected chi connectivity index (χ4v) is 3.23. The van der Waals surface area contributed by atoms with Gasteiger partial charge in [-0.05, 0) is 50.4 Å². The molecule has 0 aliphatic heterocycles. The lowest BCUT2D eigenvalue weighted by Gasteiger charge is -2.27. The van der Waals surface area contributed by atoms with Crippen LogP contribution in [0.4, 0.5) is 0 Å². The maximum absolute atomic E-state index is 2.54. The van der Waals surface area contributed by atoms with E-state index in [0.717, 1.165) is 11.8 Å². The number of hydrogen-bond donors (Lipinski definition) is 0. The van der Waals surface area contributed by atoms with Crippen LogP contribution < -0.4 is 0 Å². The van der Waals surface area contributed by atoms with Crippen LogP contribution in [0.3, 0.4) is 0 Å². The minimum Gasteiger partial charge on any atom is -0.0882 e. The summed E-state index contributed by atoms with van der Waals surface area (Å²) >= 11 is 0. The molecule has 0 saturated heterocycles. The Kier molecular flexibility index (Phi) is 10.7. The molecule has 0 amide bonds. The van der Waals surface area contributed by atoms with Gasteiger partial charge in [0.15, 0.2) is 0 Å². The zero-order valence-electron chi connectivity index (χ0n) is 13.9. The van der Waals surface area contributed by atoms with Crippen LogP contribution in [0.1, 0.15) is 90.9 Å². The third-order valence-corrected chi connectivity index (χ3v) is 4.59. The average molecular weight is 277 g/mol. The summed E-state index contributed by atoms with van der Waals surface area (Å²) in [6, 6.07) is 0. The Bertz CT molecular complexity index is 233. The summed E-state index contributed by atoms with van der Waals surface area (Å²) in [6.07, 6.45) is 26.4.